The first-order valence-corrected chi connectivity index (χ1v) is 4.11. The molecular formula is C7H16N2OS. The number of nitrogens with two attached hydrogens (primary N) is 1. The first kappa shape index (κ1) is 10.8. The largest absolute Gasteiger partial charge is 0.392 e. The number of rotatable bonds is 6. The minimum atomic E-state index is 0.544. The van der Waals surface area contributed by atoms with Crippen molar-refractivity contribution in [1.29, 1.82) is 0 Å². The van der Waals surface area contributed by atoms with Crippen LogP contribution in [0.3, 0.4) is 0 Å². The van der Waals surface area contributed by atoms with Crippen LogP contribution in [-0.4, -0.2) is 43.2 Å². The molecule has 0 saturated carbocycles. The lowest BCUT2D eigenvalue weighted by Crippen LogP contribution is -2.34. The van der Waals surface area contributed by atoms with Crippen LogP contribution >= 0.6 is 12.2 Å². The van der Waals surface area contributed by atoms with E-state index in [1.807, 2.05) is 0 Å². The van der Waals surface area contributed by atoms with Crippen molar-refractivity contribution < 1.29 is 4.74 Å². The SMILES string of the molecule is CCN(CCOC)CC(N)=S. The van der Waals surface area contributed by atoms with Crippen LogP contribution in [0.15, 0.2) is 0 Å². The predicted octanol–water partition coefficient (Wildman–Crippen LogP) is 0.241. The number of hydrogen-bond donors (Lipinski definition) is 1. The summed E-state index contributed by atoms with van der Waals surface area (Å²) < 4.78 is 4.93. The third-order valence-electron chi connectivity index (χ3n) is 1.44. The quantitative estimate of drug-likeness (QED) is 0.588. The van der Waals surface area contributed by atoms with Crippen LogP contribution in [0.25, 0.3) is 0 Å². The van der Waals surface area contributed by atoms with Crippen molar-refractivity contribution in [3.8, 4) is 0 Å². The Morgan fingerprint density at radius 1 is 1.64 bits per heavy atom. The summed E-state index contributed by atoms with van der Waals surface area (Å²) in [6, 6.07) is 0. The molecule has 0 bridgehead atoms. The van der Waals surface area contributed by atoms with E-state index >= 15 is 0 Å². The van der Waals surface area contributed by atoms with Gasteiger partial charge < -0.3 is 10.5 Å². The van der Waals surface area contributed by atoms with Gasteiger partial charge in [0.25, 0.3) is 0 Å². The molecule has 0 rings (SSSR count). The zero-order valence-corrected chi connectivity index (χ0v) is 7.99. The molecule has 66 valence electrons. The van der Waals surface area contributed by atoms with Gasteiger partial charge in [0.2, 0.25) is 0 Å². The molecule has 0 unspecified atom stereocenters. The lowest BCUT2D eigenvalue weighted by atomic mass is 10.4. The Bertz CT molecular complexity index is 119. The number of ether oxygens (including phenoxy) is 1. The minimum Gasteiger partial charge on any atom is -0.392 e. The summed E-state index contributed by atoms with van der Waals surface area (Å²) in [6.45, 7) is 5.35. The highest BCUT2D eigenvalue weighted by Crippen LogP contribution is 1.86. The van der Waals surface area contributed by atoms with Crippen molar-refractivity contribution in [1.82, 2.24) is 4.90 Å². The minimum absolute atomic E-state index is 0.544. The van der Waals surface area contributed by atoms with Gasteiger partial charge in [0.05, 0.1) is 11.6 Å². The molecule has 3 nitrogen and oxygen atoms in total. The average molecular weight is 176 g/mol. The van der Waals surface area contributed by atoms with Crippen molar-refractivity contribution in [2.24, 2.45) is 5.73 Å². The number of hydrogen-bond acceptors (Lipinski definition) is 3. The monoisotopic (exact) mass is 176 g/mol. The van der Waals surface area contributed by atoms with Crippen LogP contribution in [0.4, 0.5) is 0 Å². The van der Waals surface area contributed by atoms with Crippen molar-refractivity contribution in [3.05, 3.63) is 0 Å². The molecule has 0 fully saturated rings. The molecule has 0 aliphatic carbocycles. The molecule has 0 heterocycles. The van der Waals surface area contributed by atoms with E-state index in [-0.39, 0.29) is 0 Å². The summed E-state index contributed by atoms with van der Waals surface area (Å²) in [6.07, 6.45) is 0. The van der Waals surface area contributed by atoms with E-state index in [9.17, 15) is 0 Å². The maximum Gasteiger partial charge on any atom is 0.0870 e. The van der Waals surface area contributed by atoms with Crippen LogP contribution in [0, 0.1) is 0 Å². The number of nitrogens with zero attached hydrogens (tertiary/aromatic N) is 1. The van der Waals surface area contributed by atoms with E-state index in [0.29, 0.717) is 11.5 Å². The molecule has 0 aliphatic rings. The highest BCUT2D eigenvalue weighted by atomic mass is 32.1. The first-order valence-electron chi connectivity index (χ1n) is 3.70. The Hall–Kier alpha value is -0.190. The lowest BCUT2D eigenvalue weighted by molar-refractivity contribution is 0.159. The molecule has 2 N–H and O–H groups in total. The van der Waals surface area contributed by atoms with Gasteiger partial charge >= 0.3 is 0 Å². The van der Waals surface area contributed by atoms with E-state index in [4.69, 9.17) is 22.7 Å². The van der Waals surface area contributed by atoms with Gasteiger partial charge in [0, 0.05) is 20.2 Å². The summed E-state index contributed by atoms with van der Waals surface area (Å²) >= 11 is 4.78. The molecule has 11 heavy (non-hydrogen) atoms. The van der Waals surface area contributed by atoms with Crippen LogP contribution < -0.4 is 5.73 Å². The fourth-order valence-electron chi connectivity index (χ4n) is 0.790. The van der Waals surface area contributed by atoms with Gasteiger partial charge in [-0.05, 0) is 6.54 Å². The molecule has 0 spiro atoms. The van der Waals surface area contributed by atoms with Crippen molar-refractivity contribution in [2.45, 2.75) is 6.92 Å². The fraction of sp³-hybridized carbons (Fsp3) is 0.857. The van der Waals surface area contributed by atoms with Gasteiger partial charge in [-0.2, -0.15) is 0 Å². The van der Waals surface area contributed by atoms with Gasteiger partial charge in [-0.25, -0.2) is 0 Å². The third kappa shape index (κ3) is 6.22. The second kappa shape index (κ2) is 6.52. The highest BCUT2D eigenvalue weighted by molar-refractivity contribution is 7.80. The number of likely N-dealkylation sites (N-methyl/N-ethyl adjacent to an activating group) is 1. The summed E-state index contributed by atoms with van der Waals surface area (Å²) in [5.41, 5.74) is 5.39. The number of thiocarbonyl (C=S) groups is 1. The molecular weight excluding hydrogens is 160 g/mol. The first-order chi connectivity index (χ1) is 5.20. The average Bonchev–Trinajstić information content (AvgIpc) is 1.97. The fourth-order valence-corrected chi connectivity index (χ4v) is 0.972. The van der Waals surface area contributed by atoms with Crippen LogP contribution in [0.1, 0.15) is 6.92 Å². The molecule has 0 atom stereocenters. The summed E-state index contributed by atoms with van der Waals surface area (Å²) in [5, 5.41) is 0. The van der Waals surface area contributed by atoms with E-state index in [1.165, 1.54) is 0 Å². The topological polar surface area (TPSA) is 38.5 Å². The van der Waals surface area contributed by atoms with E-state index in [0.717, 1.165) is 19.7 Å². The van der Waals surface area contributed by atoms with E-state index in [2.05, 4.69) is 11.8 Å². The highest BCUT2D eigenvalue weighted by Gasteiger charge is 2.01. The molecule has 4 heteroatoms. The third-order valence-corrected chi connectivity index (χ3v) is 1.57. The number of methoxy groups -OCH3 is 1. The second-order valence-electron chi connectivity index (χ2n) is 2.33. The maximum atomic E-state index is 5.39. The Morgan fingerprint density at radius 2 is 2.27 bits per heavy atom. The normalized spacial score (nSPS) is 10.5. The van der Waals surface area contributed by atoms with Gasteiger partial charge in [0.1, 0.15) is 0 Å². The predicted molar refractivity (Wildman–Crippen MR) is 50.8 cm³/mol. The van der Waals surface area contributed by atoms with Crippen LogP contribution in [-0.2, 0) is 4.74 Å². The zero-order valence-electron chi connectivity index (χ0n) is 7.17. The van der Waals surface area contributed by atoms with E-state index < -0.39 is 0 Å². The van der Waals surface area contributed by atoms with Gasteiger partial charge in [-0.3, -0.25) is 4.90 Å². The molecule has 0 aliphatic heterocycles. The van der Waals surface area contributed by atoms with Gasteiger partial charge in [-0.15, -0.1) is 0 Å². The standard InChI is InChI=1S/C7H16N2OS/c1-3-9(4-5-10-2)6-7(8)11/h3-6H2,1-2H3,(H2,8,11). The molecule has 0 aromatic carbocycles. The van der Waals surface area contributed by atoms with Crippen molar-refractivity contribution in [2.75, 3.05) is 33.4 Å². The Labute approximate surface area is 73.5 Å². The van der Waals surface area contributed by atoms with E-state index in [1.54, 1.807) is 7.11 Å². The lowest BCUT2D eigenvalue weighted by Gasteiger charge is -2.18. The Morgan fingerprint density at radius 3 is 2.64 bits per heavy atom. The summed E-state index contributed by atoms with van der Waals surface area (Å²) in [4.78, 5) is 2.69. The summed E-state index contributed by atoms with van der Waals surface area (Å²) in [5.74, 6) is 0. The zero-order chi connectivity index (χ0) is 8.69. The van der Waals surface area contributed by atoms with Crippen LogP contribution in [0.2, 0.25) is 0 Å². The van der Waals surface area contributed by atoms with Crippen LogP contribution in [0.5, 0.6) is 0 Å². The molecule has 0 radical (unpaired) electrons. The summed E-state index contributed by atoms with van der Waals surface area (Å²) in [7, 11) is 1.69. The molecule has 0 amide bonds. The molecule has 0 aromatic heterocycles. The maximum absolute atomic E-state index is 5.39. The second-order valence-corrected chi connectivity index (χ2v) is 2.85. The Balaban J connectivity index is 3.49. The van der Waals surface area contributed by atoms with Gasteiger partial charge in [0.15, 0.2) is 0 Å². The smallest absolute Gasteiger partial charge is 0.0870 e. The van der Waals surface area contributed by atoms with Crippen molar-refractivity contribution >= 4 is 17.2 Å². The van der Waals surface area contributed by atoms with Crippen molar-refractivity contribution in [3.63, 3.8) is 0 Å². The van der Waals surface area contributed by atoms with Gasteiger partial charge in [-0.1, -0.05) is 19.1 Å². The molecule has 0 aromatic rings. The Kier molecular flexibility index (Phi) is 6.40. The molecule has 0 saturated heterocycles.